The number of aryl methyl sites for hydroxylation is 1. The molecular formula is C29H35N3O7S2. The first-order valence-electron chi connectivity index (χ1n) is 13.4. The number of benzene rings is 3. The van der Waals surface area contributed by atoms with E-state index in [1.54, 1.807) is 36.4 Å². The fraction of sp³-hybridized carbons (Fsp3) is 0.345. The Balaban J connectivity index is 1.63. The molecule has 41 heavy (non-hydrogen) atoms. The summed E-state index contributed by atoms with van der Waals surface area (Å²) >= 11 is 0. The number of hydrogen-bond acceptors (Lipinski definition) is 7. The highest BCUT2D eigenvalue weighted by atomic mass is 32.2. The average molecular weight is 602 g/mol. The number of nitrogens with one attached hydrogen (secondary N) is 1. The zero-order valence-electron chi connectivity index (χ0n) is 23.4. The lowest BCUT2D eigenvalue weighted by molar-refractivity contribution is -0.114. The lowest BCUT2D eigenvalue weighted by Crippen LogP contribution is -2.38. The Morgan fingerprint density at radius 3 is 2.20 bits per heavy atom. The minimum Gasteiger partial charge on any atom is -0.495 e. The molecular weight excluding hydrogens is 566 g/mol. The SMILES string of the molecule is CCOc1ccc(N(CC(=O)Nc2ccc(OC)c(S(=O)(=O)N3CCCCC3)c2)S(=O)(=O)c2ccc(C)cc2)cc1. The number of carbonyl (C=O) groups is 1. The van der Waals surface area contributed by atoms with Crippen molar-refractivity contribution in [2.24, 2.45) is 0 Å². The van der Waals surface area contributed by atoms with Crippen molar-refractivity contribution in [3.05, 3.63) is 72.3 Å². The van der Waals surface area contributed by atoms with E-state index < -0.39 is 32.5 Å². The van der Waals surface area contributed by atoms with Gasteiger partial charge in [-0.3, -0.25) is 9.10 Å². The topological polar surface area (TPSA) is 122 Å². The molecule has 0 aromatic heterocycles. The summed E-state index contributed by atoms with van der Waals surface area (Å²) < 4.78 is 67.4. The quantitative estimate of drug-likeness (QED) is 0.345. The highest BCUT2D eigenvalue weighted by molar-refractivity contribution is 7.92. The molecule has 1 aliphatic heterocycles. The zero-order chi connectivity index (χ0) is 29.6. The van der Waals surface area contributed by atoms with Gasteiger partial charge in [-0.25, -0.2) is 16.8 Å². The number of carbonyl (C=O) groups excluding carboxylic acids is 1. The molecule has 1 heterocycles. The third-order valence-electron chi connectivity index (χ3n) is 6.71. The van der Waals surface area contributed by atoms with Gasteiger partial charge in [0.05, 0.1) is 24.3 Å². The molecule has 3 aromatic rings. The number of methoxy groups -OCH3 is 1. The van der Waals surface area contributed by atoms with Crippen LogP contribution in [-0.2, 0) is 24.8 Å². The summed E-state index contributed by atoms with van der Waals surface area (Å²) in [5.74, 6) is 0.0710. The Kier molecular flexibility index (Phi) is 9.57. The molecule has 12 heteroatoms. The number of rotatable bonds is 11. The van der Waals surface area contributed by atoms with Gasteiger partial charge >= 0.3 is 0 Å². The lowest BCUT2D eigenvalue weighted by atomic mass is 10.2. The van der Waals surface area contributed by atoms with Gasteiger partial charge < -0.3 is 14.8 Å². The van der Waals surface area contributed by atoms with E-state index in [-0.39, 0.29) is 26.9 Å². The maximum Gasteiger partial charge on any atom is 0.264 e. The Morgan fingerprint density at radius 1 is 0.927 bits per heavy atom. The van der Waals surface area contributed by atoms with Crippen LogP contribution in [0.2, 0.25) is 0 Å². The van der Waals surface area contributed by atoms with Crippen LogP contribution in [0.4, 0.5) is 11.4 Å². The van der Waals surface area contributed by atoms with Gasteiger partial charge in [0.15, 0.2) is 0 Å². The molecule has 0 aliphatic carbocycles. The van der Waals surface area contributed by atoms with Crippen LogP contribution >= 0.6 is 0 Å². The summed E-state index contributed by atoms with van der Waals surface area (Å²) in [5.41, 5.74) is 1.36. The second-order valence-corrected chi connectivity index (χ2v) is 13.4. The van der Waals surface area contributed by atoms with Crippen molar-refractivity contribution in [2.75, 3.05) is 43.0 Å². The van der Waals surface area contributed by atoms with Crippen LogP contribution in [0.25, 0.3) is 0 Å². The van der Waals surface area contributed by atoms with E-state index in [4.69, 9.17) is 9.47 Å². The minimum absolute atomic E-state index is 0.0316. The number of hydrogen-bond donors (Lipinski definition) is 1. The van der Waals surface area contributed by atoms with Gasteiger partial charge in [-0.1, -0.05) is 24.1 Å². The number of sulfonamides is 2. The normalized spacial score (nSPS) is 14.3. The second kappa shape index (κ2) is 12.9. The number of amides is 1. The second-order valence-electron chi connectivity index (χ2n) is 9.63. The van der Waals surface area contributed by atoms with Crippen LogP contribution in [-0.4, -0.2) is 60.4 Å². The fourth-order valence-corrected chi connectivity index (χ4v) is 7.68. The first-order chi connectivity index (χ1) is 19.6. The summed E-state index contributed by atoms with van der Waals surface area (Å²) in [6.45, 7) is 4.41. The van der Waals surface area contributed by atoms with Gasteiger partial charge in [-0.05, 0) is 81.3 Å². The van der Waals surface area contributed by atoms with Crippen LogP contribution in [0.15, 0.2) is 76.5 Å². The summed E-state index contributed by atoms with van der Waals surface area (Å²) in [7, 11) is -6.61. The van der Waals surface area contributed by atoms with E-state index in [2.05, 4.69) is 5.32 Å². The van der Waals surface area contributed by atoms with Crippen LogP contribution < -0.4 is 19.1 Å². The smallest absolute Gasteiger partial charge is 0.264 e. The van der Waals surface area contributed by atoms with E-state index in [1.807, 2.05) is 13.8 Å². The summed E-state index contributed by atoms with van der Waals surface area (Å²) in [5, 5.41) is 2.66. The Labute approximate surface area is 242 Å². The first-order valence-corrected chi connectivity index (χ1v) is 16.2. The molecule has 10 nitrogen and oxygen atoms in total. The van der Waals surface area contributed by atoms with Crippen molar-refractivity contribution < 1.29 is 31.1 Å². The monoisotopic (exact) mass is 601 g/mol. The van der Waals surface area contributed by atoms with Crippen LogP contribution in [0, 0.1) is 6.92 Å². The lowest BCUT2D eigenvalue weighted by Gasteiger charge is -2.27. The highest BCUT2D eigenvalue weighted by Crippen LogP contribution is 2.32. The van der Waals surface area contributed by atoms with Crippen molar-refractivity contribution in [1.29, 1.82) is 0 Å². The van der Waals surface area contributed by atoms with Gasteiger partial charge in [-0.2, -0.15) is 4.31 Å². The summed E-state index contributed by atoms with van der Waals surface area (Å²) in [6, 6.07) is 17.1. The molecule has 0 bridgehead atoms. The minimum atomic E-state index is -4.13. The predicted octanol–water partition coefficient (Wildman–Crippen LogP) is 4.41. The highest BCUT2D eigenvalue weighted by Gasteiger charge is 2.30. The zero-order valence-corrected chi connectivity index (χ0v) is 25.0. The van der Waals surface area contributed by atoms with Crippen molar-refractivity contribution in [1.82, 2.24) is 4.31 Å². The van der Waals surface area contributed by atoms with Crippen LogP contribution in [0.5, 0.6) is 11.5 Å². The molecule has 1 saturated heterocycles. The van der Waals surface area contributed by atoms with Crippen LogP contribution in [0.3, 0.4) is 0 Å². The molecule has 1 fully saturated rings. The standard InChI is InChI=1S/C29H35N3O7S2/c1-4-39-25-13-11-24(12-14-25)32(40(34,35)26-15-8-22(2)9-16-26)21-29(33)30-23-10-17-27(38-3)28(20-23)41(36,37)31-18-6-5-7-19-31/h8-17,20H,4-7,18-19,21H2,1-3H3,(H,30,33). The van der Waals surface area contributed by atoms with E-state index >= 15 is 0 Å². The number of ether oxygens (including phenoxy) is 2. The Hall–Kier alpha value is -3.61. The van der Waals surface area contributed by atoms with Gasteiger partial charge in [-0.15, -0.1) is 0 Å². The Morgan fingerprint density at radius 2 is 1.59 bits per heavy atom. The molecule has 0 atom stereocenters. The molecule has 220 valence electrons. The molecule has 1 N–H and O–H groups in total. The molecule has 1 amide bonds. The van der Waals surface area contributed by atoms with Gasteiger partial charge in [0.25, 0.3) is 10.0 Å². The Bertz CT molecular complexity index is 1570. The molecule has 1 aliphatic rings. The predicted molar refractivity (Wildman–Crippen MR) is 158 cm³/mol. The molecule has 3 aromatic carbocycles. The molecule has 0 spiro atoms. The van der Waals surface area contributed by atoms with Gasteiger partial charge in [0.1, 0.15) is 22.9 Å². The average Bonchev–Trinajstić information content (AvgIpc) is 2.97. The van der Waals surface area contributed by atoms with Crippen molar-refractivity contribution >= 4 is 37.3 Å². The molecule has 0 saturated carbocycles. The van der Waals surface area contributed by atoms with Crippen molar-refractivity contribution in [2.45, 2.75) is 42.9 Å². The van der Waals surface area contributed by atoms with Gasteiger partial charge in [0, 0.05) is 18.8 Å². The fourth-order valence-electron chi connectivity index (χ4n) is 4.56. The first kappa shape index (κ1) is 30.4. The number of nitrogens with zero attached hydrogens (tertiary/aromatic N) is 2. The third kappa shape index (κ3) is 7.00. The largest absolute Gasteiger partial charge is 0.495 e. The third-order valence-corrected chi connectivity index (χ3v) is 10.4. The molecule has 4 rings (SSSR count). The molecule has 0 radical (unpaired) electrons. The van der Waals surface area contributed by atoms with E-state index in [0.717, 1.165) is 29.1 Å². The van der Waals surface area contributed by atoms with Crippen molar-refractivity contribution in [3.8, 4) is 11.5 Å². The number of anilines is 2. The summed E-state index contributed by atoms with van der Waals surface area (Å²) in [6.07, 6.45) is 2.51. The van der Waals surface area contributed by atoms with Crippen molar-refractivity contribution in [3.63, 3.8) is 0 Å². The van der Waals surface area contributed by atoms with Crippen LogP contribution in [0.1, 0.15) is 31.7 Å². The van der Waals surface area contributed by atoms with E-state index in [0.29, 0.717) is 25.4 Å². The molecule has 0 unspecified atom stereocenters. The summed E-state index contributed by atoms with van der Waals surface area (Å²) in [4.78, 5) is 13.3. The van der Waals surface area contributed by atoms with E-state index in [1.165, 1.54) is 41.7 Å². The van der Waals surface area contributed by atoms with Gasteiger partial charge in [0.2, 0.25) is 15.9 Å². The van der Waals surface area contributed by atoms with E-state index in [9.17, 15) is 21.6 Å². The maximum atomic E-state index is 13.7. The maximum absolute atomic E-state index is 13.7. The number of piperidine rings is 1.